The fraction of sp³-hybridized carbons (Fsp3) is 0.250. The van der Waals surface area contributed by atoms with Crippen LogP contribution in [-0.2, 0) is 23.0 Å². The van der Waals surface area contributed by atoms with Crippen molar-refractivity contribution in [1.29, 1.82) is 0 Å². The summed E-state index contributed by atoms with van der Waals surface area (Å²) in [6, 6.07) is 10.9. The Bertz CT molecular complexity index is 916. The van der Waals surface area contributed by atoms with Gasteiger partial charge in [-0.15, -0.1) is 10.2 Å². The lowest BCUT2D eigenvalue weighted by molar-refractivity contribution is 0.467. The lowest BCUT2D eigenvalue weighted by Gasteiger charge is -2.16. The first-order valence-electron chi connectivity index (χ1n) is 7.52. The maximum absolute atomic E-state index is 12.7. The molecule has 3 rings (SSSR count). The Morgan fingerprint density at radius 1 is 1.21 bits per heavy atom. The average molecular weight is 346 g/mol. The van der Waals surface area contributed by atoms with Crippen LogP contribution in [0.2, 0.25) is 0 Å². The van der Waals surface area contributed by atoms with Crippen LogP contribution in [0.5, 0.6) is 0 Å². The van der Waals surface area contributed by atoms with E-state index in [1.807, 2.05) is 37.3 Å². The van der Waals surface area contributed by atoms with Gasteiger partial charge in [-0.3, -0.25) is 0 Å². The third-order valence-electron chi connectivity index (χ3n) is 3.61. The van der Waals surface area contributed by atoms with Crippen molar-refractivity contribution in [2.45, 2.75) is 24.8 Å². The Balaban J connectivity index is 1.82. The van der Waals surface area contributed by atoms with Crippen LogP contribution in [0.1, 0.15) is 18.4 Å². The molecule has 0 radical (unpaired) electrons. The van der Waals surface area contributed by atoms with Crippen molar-refractivity contribution in [2.24, 2.45) is 0 Å². The molecule has 0 unspecified atom stereocenters. The first-order valence-corrected chi connectivity index (χ1v) is 8.96. The van der Waals surface area contributed by atoms with Gasteiger partial charge in [0.25, 0.3) is 5.89 Å². The molecule has 0 bridgehead atoms. The van der Waals surface area contributed by atoms with Crippen LogP contribution in [-0.4, -0.2) is 35.0 Å². The third-order valence-corrected chi connectivity index (χ3v) is 5.39. The molecule has 8 heteroatoms. The molecule has 1 aromatic carbocycles. The summed E-state index contributed by atoms with van der Waals surface area (Å²) >= 11 is 0. The number of hydrogen-bond acceptors (Lipinski definition) is 5. The molecule has 126 valence electrons. The van der Waals surface area contributed by atoms with Crippen LogP contribution in [0.25, 0.3) is 11.6 Å². The van der Waals surface area contributed by atoms with Gasteiger partial charge in [0, 0.05) is 26.2 Å². The predicted molar refractivity (Wildman–Crippen MR) is 88.6 cm³/mol. The highest BCUT2D eigenvalue weighted by Crippen LogP contribution is 2.23. The second-order valence-electron chi connectivity index (χ2n) is 5.35. The van der Waals surface area contributed by atoms with Crippen molar-refractivity contribution in [1.82, 2.24) is 19.5 Å². The van der Waals surface area contributed by atoms with Crippen LogP contribution in [0, 0.1) is 0 Å². The minimum Gasteiger partial charge on any atom is -0.419 e. The zero-order valence-electron chi connectivity index (χ0n) is 13.4. The molecular weight excluding hydrogens is 328 g/mol. The van der Waals surface area contributed by atoms with E-state index < -0.39 is 10.0 Å². The standard InChI is InChI=1S/C16H18N4O3S/c1-3-15-18-19-16(23-15)14-9-13(10-17-14)24(21,22)20(2)11-12-7-5-4-6-8-12/h4-10,17H,3,11H2,1-2H3. The number of aromatic amines is 1. The molecule has 0 aliphatic heterocycles. The van der Waals surface area contributed by atoms with E-state index in [1.165, 1.54) is 16.6 Å². The van der Waals surface area contributed by atoms with Crippen LogP contribution in [0.15, 0.2) is 51.9 Å². The lowest BCUT2D eigenvalue weighted by Crippen LogP contribution is -2.26. The highest BCUT2D eigenvalue weighted by atomic mass is 32.2. The van der Waals surface area contributed by atoms with Crippen molar-refractivity contribution in [3.05, 3.63) is 54.0 Å². The molecule has 3 aromatic rings. The molecule has 0 amide bonds. The molecule has 1 N–H and O–H groups in total. The van der Waals surface area contributed by atoms with Crippen molar-refractivity contribution in [3.8, 4) is 11.6 Å². The molecule has 0 saturated carbocycles. The summed E-state index contributed by atoms with van der Waals surface area (Å²) in [5, 5.41) is 7.79. The number of aryl methyl sites for hydroxylation is 1. The van der Waals surface area contributed by atoms with Crippen LogP contribution < -0.4 is 0 Å². The van der Waals surface area contributed by atoms with Gasteiger partial charge in [0.1, 0.15) is 10.6 Å². The first kappa shape index (κ1) is 16.4. The molecule has 2 aromatic heterocycles. The molecule has 0 saturated heterocycles. The summed E-state index contributed by atoms with van der Waals surface area (Å²) in [5.41, 5.74) is 1.40. The third kappa shape index (κ3) is 3.24. The van der Waals surface area contributed by atoms with Crippen molar-refractivity contribution in [2.75, 3.05) is 7.05 Å². The summed E-state index contributed by atoms with van der Waals surface area (Å²) in [6.45, 7) is 2.20. The van der Waals surface area contributed by atoms with E-state index >= 15 is 0 Å². The van der Waals surface area contributed by atoms with Gasteiger partial charge >= 0.3 is 0 Å². The SMILES string of the molecule is CCc1nnc(-c2cc(S(=O)(=O)N(C)Cc3ccccc3)c[nH]2)o1. The number of nitrogens with one attached hydrogen (secondary N) is 1. The van der Waals surface area contributed by atoms with Crippen molar-refractivity contribution < 1.29 is 12.8 Å². The van der Waals surface area contributed by atoms with Crippen LogP contribution in [0.3, 0.4) is 0 Å². The largest absolute Gasteiger partial charge is 0.419 e. The molecule has 0 spiro atoms. The summed E-state index contributed by atoms with van der Waals surface area (Å²) in [7, 11) is -2.06. The van der Waals surface area contributed by atoms with E-state index in [0.717, 1.165) is 5.56 Å². The van der Waals surface area contributed by atoms with Gasteiger partial charge in [0.2, 0.25) is 15.9 Å². The monoisotopic (exact) mass is 346 g/mol. The minimum absolute atomic E-state index is 0.159. The number of H-pyrrole nitrogens is 1. The molecule has 7 nitrogen and oxygen atoms in total. The Morgan fingerprint density at radius 2 is 1.96 bits per heavy atom. The number of nitrogens with zero attached hydrogens (tertiary/aromatic N) is 3. The van der Waals surface area contributed by atoms with Gasteiger partial charge in [0.05, 0.1) is 0 Å². The van der Waals surface area contributed by atoms with E-state index in [-0.39, 0.29) is 10.8 Å². The number of aromatic nitrogens is 3. The van der Waals surface area contributed by atoms with Gasteiger partial charge in [0.15, 0.2) is 0 Å². The zero-order valence-corrected chi connectivity index (χ0v) is 14.2. The van der Waals surface area contributed by atoms with E-state index in [2.05, 4.69) is 15.2 Å². The molecule has 2 heterocycles. The quantitative estimate of drug-likeness (QED) is 0.740. The Morgan fingerprint density at radius 3 is 2.62 bits per heavy atom. The molecule has 0 fully saturated rings. The summed E-state index contributed by atoms with van der Waals surface area (Å²) in [6.07, 6.45) is 2.06. The maximum Gasteiger partial charge on any atom is 0.264 e. The van der Waals surface area contributed by atoms with E-state index in [1.54, 1.807) is 7.05 Å². The number of rotatable bonds is 6. The number of benzene rings is 1. The van der Waals surface area contributed by atoms with Gasteiger partial charge < -0.3 is 9.40 Å². The van der Waals surface area contributed by atoms with Crippen LogP contribution >= 0.6 is 0 Å². The summed E-state index contributed by atoms with van der Waals surface area (Å²) < 4.78 is 32.1. The minimum atomic E-state index is -3.61. The topological polar surface area (TPSA) is 92.1 Å². The molecule has 0 aliphatic carbocycles. The fourth-order valence-electron chi connectivity index (χ4n) is 2.26. The van der Waals surface area contributed by atoms with E-state index in [9.17, 15) is 8.42 Å². The second kappa shape index (κ2) is 6.58. The molecule has 24 heavy (non-hydrogen) atoms. The predicted octanol–water partition coefficient (Wildman–Crippen LogP) is 2.45. The molecule has 0 atom stereocenters. The Kier molecular flexibility index (Phi) is 4.50. The molecular formula is C16H18N4O3S. The van der Waals surface area contributed by atoms with Gasteiger partial charge in [-0.25, -0.2) is 8.42 Å². The Hall–Kier alpha value is -2.45. The van der Waals surface area contributed by atoms with Crippen molar-refractivity contribution >= 4 is 10.0 Å². The average Bonchev–Trinajstić information content (AvgIpc) is 3.25. The van der Waals surface area contributed by atoms with Gasteiger partial charge in [-0.2, -0.15) is 4.31 Å². The highest BCUT2D eigenvalue weighted by molar-refractivity contribution is 7.89. The van der Waals surface area contributed by atoms with Crippen LogP contribution in [0.4, 0.5) is 0 Å². The van der Waals surface area contributed by atoms with Gasteiger partial charge in [-0.1, -0.05) is 37.3 Å². The first-order chi connectivity index (χ1) is 11.5. The number of sulfonamides is 1. The smallest absolute Gasteiger partial charge is 0.264 e. The highest BCUT2D eigenvalue weighted by Gasteiger charge is 2.23. The maximum atomic E-state index is 12.7. The van der Waals surface area contributed by atoms with Crippen molar-refractivity contribution in [3.63, 3.8) is 0 Å². The summed E-state index contributed by atoms with van der Waals surface area (Å²) in [4.78, 5) is 3.04. The normalized spacial score (nSPS) is 12.0. The number of hydrogen-bond donors (Lipinski definition) is 1. The second-order valence-corrected chi connectivity index (χ2v) is 7.40. The lowest BCUT2D eigenvalue weighted by atomic mass is 10.2. The van der Waals surface area contributed by atoms with E-state index in [0.29, 0.717) is 24.6 Å². The van der Waals surface area contributed by atoms with E-state index in [4.69, 9.17) is 4.42 Å². The Labute approximate surface area is 140 Å². The summed E-state index contributed by atoms with van der Waals surface area (Å²) in [5.74, 6) is 0.782. The fourth-order valence-corrected chi connectivity index (χ4v) is 3.41. The van der Waals surface area contributed by atoms with Gasteiger partial charge in [-0.05, 0) is 11.6 Å². The molecule has 0 aliphatic rings. The zero-order chi connectivity index (χ0) is 17.2.